The molecule has 0 spiro atoms. The number of hydrogen-bond acceptors (Lipinski definition) is 5. The van der Waals surface area contributed by atoms with E-state index in [-0.39, 0.29) is 19.6 Å². The quantitative estimate of drug-likeness (QED) is 0.382. The van der Waals surface area contributed by atoms with Crippen molar-refractivity contribution in [2.24, 2.45) is 0 Å². The molecule has 0 bridgehead atoms. The summed E-state index contributed by atoms with van der Waals surface area (Å²) in [6.45, 7) is 0.165. The summed E-state index contributed by atoms with van der Waals surface area (Å²) in [5, 5.41) is 27.9. The van der Waals surface area contributed by atoms with Crippen LogP contribution in [0, 0.1) is 12.3 Å². The fraction of sp³-hybridized carbons (Fsp3) is 0.778. The monoisotopic (exact) mass is 202 g/mol. The van der Waals surface area contributed by atoms with Crippen molar-refractivity contribution in [3.63, 3.8) is 0 Å². The number of terminal acetylenes is 1. The predicted octanol–water partition coefficient (Wildman–Crippen LogP) is -1.53. The molecule has 1 aliphatic rings. The first-order valence-electron chi connectivity index (χ1n) is 4.36. The fourth-order valence-corrected chi connectivity index (χ4v) is 1.30. The Labute approximate surface area is 82.3 Å². The van der Waals surface area contributed by atoms with E-state index >= 15 is 0 Å². The highest BCUT2D eigenvalue weighted by Crippen LogP contribution is 2.18. The Bertz CT molecular complexity index is 212. The van der Waals surface area contributed by atoms with E-state index in [9.17, 15) is 10.2 Å². The van der Waals surface area contributed by atoms with Gasteiger partial charge >= 0.3 is 0 Å². The van der Waals surface area contributed by atoms with Crippen molar-refractivity contribution in [3.05, 3.63) is 0 Å². The minimum atomic E-state index is -1.06. The lowest BCUT2D eigenvalue weighted by molar-refractivity contribution is -0.242. The number of hydrogen-bond donors (Lipinski definition) is 3. The molecule has 0 aromatic rings. The van der Waals surface area contributed by atoms with Gasteiger partial charge in [0.15, 0.2) is 6.29 Å². The van der Waals surface area contributed by atoms with Gasteiger partial charge in [-0.15, -0.1) is 6.42 Å². The van der Waals surface area contributed by atoms with Crippen molar-refractivity contribution < 1.29 is 24.8 Å². The molecule has 0 aromatic heterocycles. The maximum Gasteiger partial charge on any atom is 0.157 e. The lowest BCUT2D eigenvalue weighted by atomic mass is 10.0. The molecular weight excluding hydrogens is 188 g/mol. The molecule has 4 atom stereocenters. The van der Waals surface area contributed by atoms with Crippen LogP contribution in [0.2, 0.25) is 0 Å². The molecule has 1 heterocycles. The first kappa shape index (κ1) is 11.4. The smallest absolute Gasteiger partial charge is 0.157 e. The van der Waals surface area contributed by atoms with Crippen molar-refractivity contribution in [2.45, 2.75) is 31.0 Å². The topological polar surface area (TPSA) is 79.2 Å². The highest BCUT2D eigenvalue weighted by Gasteiger charge is 2.35. The van der Waals surface area contributed by atoms with Gasteiger partial charge in [0.1, 0.15) is 18.8 Å². The molecule has 1 fully saturated rings. The molecule has 2 unspecified atom stereocenters. The third-order valence-corrected chi connectivity index (χ3v) is 2.02. The Hall–Kier alpha value is -0.640. The van der Waals surface area contributed by atoms with Crippen LogP contribution in [0.25, 0.3) is 0 Å². The molecule has 0 saturated carbocycles. The minimum absolute atomic E-state index is 0.00675. The summed E-state index contributed by atoms with van der Waals surface area (Å²) in [6.07, 6.45) is 1.13. The summed E-state index contributed by atoms with van der Waals surface area (Å²) in [5.41, 5.74) is 0. The molecule has 5 nitrogen and oxygen atoms in total. The summed E-state index contributed by atoms with van der Waals surface area (Å²) in [4.78, 5) is 0. The van der Waals surface area contributed by atoms with Crippen molar-refractivity contribution in [2.75, 3.05) is 13.2 Å². The fourth-order valence-electron chi connectivity index (χ4n) is 1.30. The van der Waals surface area contributed by atoms with E-state index in [0.29, 0.717) is 0 Å². The summed E-state index contributed by atoms with van der Waals surface area (Å²) in [6, 6.07) is 0. The molecular formula is C9H14O5. The van der Waals surface area contributed by atoms with Crippen LogP contribution < -0.4 is 0 Å². The lowest BCUT2D eigenvalue weighted by Gasteiger charge is -2.34. The Morgan fingerprint density at radius 2 is 2.14 bits per heavy atom. The standard InChI is InChI=1S/C9H14O5/c1-2-3-13-5-7-9(12)6(10)4-8(11)14-7/h1,6-12H,3-5H2/t6-,7?,8?,9-/m1/s1. The number of ether oxygens (including phenoxy) is 2. The van der Waals surface area contributed by atoms with E-state index in [1.807, 2.05) is 0 Å². The molecule has 1 rings (SSSR count). The van der Waals surface area contributed by atoms with Gasteiger partial charge in [-0.1, -0.05) is 5.92 Å². The van der Waals surface area contributed by atoms with Crippen LogP contribution in [0.3, 0.4) is 0 Å². The second-order valence-corrected chi connectivity index (χ2v) is 3.14. The van der Waals surface area contributed by atoms with Gasteiger partial charge in [-0.05, 0) is 0 Å². The van der Waals surface area contributed by atoms with Crippen LogP contribution in [0.15, 0.2) is 0 Å². The zero-order valence-electron chi connectivity index (χ0n) is 7.67. The average molecular weight is 202 g/mol. The van der Waals surface area contributed by atoms with Gasteiger partial charge in [0, 0.05) is 6.42 Å². The van der Waals surface area contributed by atoms with Crippen molar-refractivity contribution in [1.29, 1.82) is 0 Å². The molecule has 80 valence electrons. The first-order chi connectivity index (χ1) is 6.65. The van der Waals surface area contributed by atoms with E-state index in [0.717, 1.165) is 0 Å². The molecule has 0 aromatic carbocycles. The third kappa shape index (κ3) is 2.94. The maximum atomic E-state index is 9.44. The molecule has 0 amide bonds. The highest BCUT2D eigenvalue weighted by molar-refractivity contribution is 4.85. The van der Waals surface area contributed by atoms with E-state index in [1.54, 1.807) is 0 Å². The van der Waals surface area contributed by atoms with Crippen LogP contribution in [-0.4, -0.2) is 53.1 Å². The molecule has 3 N–H and O–H groups in total. The van der Waals surface area contributed by atoms with E-state index in [4.69, 9.17) is 21.0 Å². The molecule has 1 saturated heterocycles. The zero-order chi connectivity index (χ0) is 10.6. The van der Waals surface area contributed by atoms with Crippen LogP contribution >= 0.6 is 0 Å². The van der Waals surface area contributed by atoms with Crippen molar-refractivity contribution in [3.8, 4) is 12.3 Å². The van der Waals surface area contributed by atoms with Crippen LogP contribution in [0.5, 0.6) is 0 Å². The SMILES string of the molecule is C#CCOCC1OC(O)C[C@@H](O)[C@H]1O. The number of aliphatic hydroxyl groups excluding tert-OH is 3. The number of aliphatic hydroxyl groups is 3. The van der Waals surface area contributed by atoms with Crippen LogP contribution in [0.4, 0.5) is 0 Å². The summed E-state index contributed by atoms with van der Waals surface area (Å²) < 4.78 is 9.91. The first-order valence-corrected chi connectivity index (χ1v) is 4.36. The van der Waals surface area contributed by atoms with Gasteiger partial charge < -0.3 is 24.8 Å². The van der Waals surface area contributed by atoms with Gasteiger partial charge in [-0.3, -0.25) is 0 Å². The lowest BCUT2D eigenvalue weighted by Crippen LogP contribution is -2.50. The van der Waals surface area contributed by atoms with E-state index in [1.165, 1.54) is 0 Å². The third-order valence-electron chi connectivity index (χ3n) is 2.02. The molecule has 0 radical (unpaired) electrons. The van der Waals surface area contributed by atoms with Crippen molar-refractivity contribution in [1.82, 2.24) is 0 Å². The Kier molecular flexibility index (Phi) is 4.32. The normalized spacial score (nSPS) is 37.9. The Balaban J connectivity index is 2.38. The van der Waals surface area contributed by atoms with Gasteiger partial charge in [-0.25, -0.2) is 0 Å². The van der Waals surface area contributed by atoms with Gasteiger partial charge in [0.2, 0.25) is 0 Å². The van der Waals surface area contributed by atoms with Gasteiger partial charge in [0.05, 0.1) is 12.7 Å². The summed E-state index contributed by atoms with van der Waals surface area (Å²) >= 11 is 0. The Morgan fingerprint density at radius 1 is 1.43 bits per heavy atom. The highest BCUT2D eigenvalue weighted by atomic mass is 16.6. The second-order valence-electron chi connectivity index (χ2n) is 3.14. The molecule has 0 aliphatic carbocycles. The summed E-state index contributed by atoms with van der Waals surface area (Å²) in [7, 11) is 0. The summed E-state index contributed by atoms with van der Waals surface area (Å²) in [5.74, 6) is 2.26. The zero-order valence-corrected chi connectivity index (χ0v) is 7.67. The maximum absolute atomic E-state index is 9.44. The Morgan fingerprint density at radius 3 is 2.79 bits per heavy atom. The van der Waals surface area contributed by atoms with Crippen molar-refractivity contribution >= 4 is 0 Å². The van der Waals surface area contributed by atoms with Crippen LogP contribution in [-0.2, 0) is 9.47 Å². The second kappa shape index (κ2) is 5.29. The minimum Gasteiger partial charge on any atom is -0.390 e. The van der Waals surface area contributed by atoms with Gasteiger partial charge in [0.25, 0.3) is 0 Å². The molecule has 5 heteroatoms. The largest absolute Gasteiger partial charge is 0.390 e. The number of rotatable bonds is 3. The predicted molar refractivity (Wildman–Crippen MR) is 47.2 cm³/mol. The van der Waals surface area contributed by atoms with Crippen LogP contribution in [0.1, 0.15) is 6.42 Å². The van der Waals surface area contributed by atoms with E-state index < -0.39 is 24.6 Å². The molecule has 1 aliphatic heterocycles. The molecule has 14 heavy (non-hydrogen) atoms. The average Bonchev–Trinajstić information content (AvgIpc) is 2.13. The van der Waals surface area contributed by atoms with Gasteiger partial charge in [-0.2, -0.15) is 0 Å². The van der Waals surface area contributed by atoms with E-state index in [2.05, 4.69) is 5.92 Å².